The SMILES string of the molecule is COc1ccc2c(c1)N(Cc1cccc(F)c1)C(=O)[C@H](C(=O)OC(C)(C)C)CC2. The zero-order chi connectivity index (χ0) is 21.2. The Hall–Kier alpha value is -2.89. The van der Waals surface area contributed by atoms with E-state index in [1.165, 1.54) is 17.0 Å². The van der Waals surface area contributed by atoms with E-state index in [0.29, 0.717) is 29.8 Å². The fourth-order valence-electron chi connectivity index (χ4n) is 3.44. The van der Waals surface area contributed by atoms with Gasteiger partial charge in [0.1, 0.15) is 23.1 Å². The van der Waals surface area contributed by atoms with E-state index in [2.05, 4.69) is 0 Å². The molecule has 0 unspecified atom stereocenters. The highest BCUT2D eigenvalue weighted by Gasteiger charge is 2.37. The van der Waals surface area contributed by atoms with Crippen molar-refractivity contribution in [3.05, 3.63) is 59.4 Å². The first kappa shape index (κ1) is 20.8. The molecule has 0 aliphatic carbocycles. The molecule has 154 valence electrons. The zero-order valence-electron chi connectivity index (χ0n) is 17.2. The minimum Gasteiger partial charge on any atom is -0.497 e. The number of anilines is 1. The average molecular weight is 399 g/mol. The van der Waals surface area contributed by atoms with Gasteiger partial charge in [0.05, 0.1) is 19.3 Å². The summed E-state index contributed by atoms with van der Waals surface area (Å²) in [6.07, 6.45) is 0.904. The maximum Gasteiger partial charge on any atom is 0.319 e. The van der Waals surface area contributed by atoms with Gasteiger partial charge in [-0.25, -0.2) is 4.39 Å². The molecule has 6 heteroatoms. The van der Waals surface area contributed by atoms with Gasteiger partial charge in [-0.05, 0) is 62.9 Å². The molecule has 1 aliphatic heterocycles. The van der Waals surface area contributed by atoms with Gasteiger partial charge in [-0.1, -0.05) is 18.2 Å². The standard InChI is InChI=1S/C23H26FNO4/c1-23(2,3)29-22(27)19-11-9-16-8-10-18(28-4)13-20(16)25(21(19)26)14-15-6-5-7-17(24)12-15/h5-8,10,12-13,19H,9,11,14H2,1-4H3/t19-/m1/s1. The Bertz CT molecular complexity index is 919. The lowest BCUT2D eigenvalue weighted by molar-refractivity contribution is -0.162. The van der Waals surface area contributed by atoms with Crippen LogP contribution in [0.1, 0.15) is 38.3 Å². The molecular weight excluding hydrogens is 373 g/mol. The van der Waals surface area contributed by atoms with Crippen LogP contribution in [0.4, 0.5) is 10.1 Å². The molecular formula is C23H26FNO4. The van der Waals surface area contributed by atoms with Crippen molar-refractivity contribution in [2.24, 2.45) is 5.92 Å². The van der Waals surface area contributed by atoms with Crippen LogP contribution in [-0.2, 0) is 27.3 Å². The topological polar surface area (TPSA) is 55.8 Å². The second kappa shape index (κ2) is 8.23. The third-order valence-electron chi connectivity index (χ3n) is 4.77. The second-order valence-electron chi connectivity index (χ2n) is 8.17. The summed E-state index contributed by atoms with van der Waals surface area (Å²) < 4.78 is 24.5. The Morgan fingerprint density at radius 3 is 2.62 bits per heavy atom. The van der Waals surface area contributed by atoms with Crippen molar-refractivity contribution in [3.8, 4) is 5.75 Å². The Kier molecular flexibility index (Phi) is 5.91. The highest BCUT2D eigenvalue weighted by Crippen LogP contribution is 2.34. The summed E-state index contributed by atoms with van der Waals surface area (Å²) >= 11 is 0. The molecule has 2 aromatic rings. The van der Waals surface area contributed by atoms with E-state index in [4.69, 9.17) is 9.47 Å². The smallest absolute Gasteiger partial charge is 0.319 e. The van der Waals surface area contributed by atoms with Crippen LogP contribution in [0.2, 0.25) is 0 Å². The Balaban J connectivity index is 2.01. The number of carbonyl (C=O) groups is 2. The van der Waals surface area contributed by atoms with Crippen molar-refractivity contribution in [2.75, 3.05) is 12.0 Å². The van der Waals surface area contributed by atoms with Crippen molar-refractivity contribution in [1.29, 1.82) is 0 Å². The molecule has 3 rings (SSSR count). The van der Waals surface area contributed by atoms with E-state index >= 15 is 0 Å². The maximum absolute atomic E-state index is 13.7. The summed E-state index contributed by atoms with van der Waals surface area (Å²) in [5, 5.41) is 0. The van der Waals surface area contributed by atoms with Gasteiger partial charge in [-0.15, -0.1) is 0 Å². The number of fused-ring (bicyclic) bond motifs is 1. The molecule has 0 spiro atoms. The number of hydrogen-bond donors (Lipinski definition) is 0. The van der Waals surface area contributed by atoms with Crippen LogP contribution in [0, 0.1) is 11.7 Å². The van der Waals surface area contributed by atoms with Crippen LogP contribution in [0.15, 0.2) is 42.5 Å². The number of ether oxygens (including phenoxy) is 2. The molecule has 0 saturated carbocycles. The number of amides is 1. The van der Waals surface area contributed by atoms with E-state index in [9.17, 15) is 14.0 Å². The van der Waals surface area contributed by atoms with Crippen LogP contribution in [0.25, 0.3) is 0 Å². The Morgan fingerprint density at radius 1 is 1.21 bits per heavy atom. The summed E-state index contributed by atoms with van der Waals surface area (Å²) in [6.45, 7) is 5.47. The first-order valence-corrected chi connectivity index (χ1v) is 9.63. The highest BCUT2D eigenvalue weighted by molar-refractivity contribution is 6.07. The fourth-order valence-corrected chi connectivity index (χ4v) is 3.44. The molecule has 2 aromatic carbocycles. The summed E-state index contributed by atoms with van der Waals surface area (Å²) in [7, 11) is 1.56. The molecule has 1 amide bonds. The molecule has 1 atom stereocenters. The van der Waals surface area contributed by atoms with Crippen LogP contribution in [0.3, 0.4) is 0 Å². The molecule has 5 nitrogen and oxygen atoms in total. The van der Waals surface area contributed by atoms with Crippen LogP contribution in [-0.4, -0.2) is 24.6 Å². The molecule has 0 N–H and O–H groups in total. The van der Waals surface area contributed by atoms with Gasteiger partial charge in [-0.2, -0.15) is 0 Å². The third kappa shape index (κ3) is 4.94. The average Bonchev–Trinajstić information content (AvgIpc) is 2.77. The molecule has 0 saturated heterocycles. The van der Waals surface area contributed by atoms with Gasteiger partial charge in [0, 0.05) is 6.07 Å². The molecule has 0 fully saturated rings. The van der Waals surface area contributed by atoms with Gasteiger partial charge >= 0.3 is 5.97 Å². The zero-order valence-corrected chi connectivity index (χ0v) is 17.2. The lowest BCUT2D eigenvalue weighted by Gasteiger charge is -2.27. The number of nitrogens with zero attached hydrogens (tertiary/aromatic N) is 1. The number of hydrogen-bond acceptors (Lipinski definition) is 4. The Morgan fingerprint density at radius 2 is 1.97 bits per heavy atom. The first-order valence-electron chi connectivity index (χ1n) is 9.63. The lowest BCUT2D eigenvalue weighted by Crippen LogP contribution is -2.41. The predicted octanol–water partition coefficient (Wildman–Crippen LogP) is 4.27. The van der Waals surface area contributed by atoms with E-state index in [1.54, 1.807) is 46.1 Å². The maximum atomic E-state index is 13.7. The first-order chi connectivity index (χ1) is 13.7. The molecule has 1 aliphatic rings. The van der Waals surface area contributed by atoms with Crippen molar-refractivity contribution in [2.45, 2.75) is 45.8 Å². The normalized spacial score (nSPS) is 16.8. The van der Waals surface area contributed by atoms with Gasteiger partial charge in [0.15, 0.2) is 0 Å². The number of benzene rings is 2. The summed E-state index contributed by atoms with van der Waals surface area (Å²) in [5.41, 5.74) is 1.55. The number of aryl methyl sites for hydroxylation is 1. The molecule has 0 bridgehead atoms. The molecule has 0 radical (unpaired) electrons. The van der Waals surface area contributed by atoms with Crippen molar-refractivity contribution < 1.29 is 23.5 Å². The molecule has 29 heavy (non-hydrogen) atoms. The van der Waals surface area contributed by atoms with Crippen LogP contribution >= 0.6 is 0 Å². The van der Waals surface area contributed by atoms with Crippen molar-refractivity contribution in [3.63, 3.8) is 0 Å². The number of halogens is 1. The lowest BCUT2D eigenvalue weighted by atomic mass is 10.00. The van der Waals surface area contributed by atoms with Gasteiger partial charge in [-0.3, -0.25) is 9.59 Å². The monoisotopic (exact) mass is 399 g/mol. The predicted molar refractivity (Wildman–Crippen MR) is 108 cm³/mol. The number of methoxy groups -OCH3 is 1. The number of rotatable bonds is 4. The minimum absolute atomic E-state index is 0.149. The van der Waals surface area contributed by atoms with E-state index in [1.807, 2.05) is 12.1 Å². The minimum atomic E-state index is -0.916. The van der Waals surface area contributed by atoms with Crippen LogP contribution < -0.4 is 9.64 Å². The quantitative estimate of drug-likeness (QED) is 0.569. The van der Waals surface area contributed by atoms with E-state index < -0.39 is 17.5 Å². The Labute approximate surface area is 170 Å². The fraction of sp³-hybridized carbons (Fsp3) is 0.391. The third-order valence-corrected chi connectivity index (χ3v) is 4.77. The van der Waals surface area contributed by atoms with Gasteiger partial charge < -0.3 is 14.4 Å². The summed E-state index contributed by atoms with van der Waals surface area (Å²) in [5.74, 6) is -1.57. The van der Waals surface area contributed by atoms with Crippen molar-refractivity contribution >= 4 is 17.6 Å². The van der Waals surface area contributed by atoms with E-state index in [0.717, 1.165) is 5.56 Å². The van der Waals surface area contributed by atoms with Crippen molar-refractivity contribution in [1.82, 2.24) is 0 Å². The molecule has 1 heterocycles. The van der Waals surface area contributed by atoms with Crippen LogP contribution in [0.5, 0.6) is 5.75 Å². The second-order valence-corrected chi connectivity index (χ2v) is 8.17. The highest BCUT2D eigenvalue weighted by atomic mass is 19.1. The number of esters is 1. The van der Waals surface area contributed by atoms with E-state index in [-0.39, 0.29) is 18.3 Å². The summed E-state index contributed by atoms with van der Waals surface area (Å²) in [4.78, 5) is 27.7. The van der Waals surface area contributed by atoms with Gasteiger partial charge in [0.25, 0.3) is 0 Å². The molecule has 0 aromatic heterocycles. The van der Waals surface area contributed by atoms with Gasteiger partial charge in [0.2, 0.25) is 5.91 Å². The summed E-state index contributed by atoms with van der Waals surface area (Å²) in [6, 6.07) is 11.6. The number of carbonyl (C=O) groups excluding carboxylic acids is 2. The largest absolute Gasteiger partial charge is 0.497 e.